The average molecular weight is 696 g/mol. The van der Waals surface area contributed by atoms with Crippen LogP contribution in [0, 0.1) is 15.9 Å². The number of aromatic nitrogens is 3. The Kier molecular flexibility index (Phi) is 10.1. The largest absolute Gasteiger partial charge is 0.497 e. The molecule has 0 saturated heterocycles. The molecule has 0 aliphatic carbocycles. The fourth-order valence-electron chi connectivity index (χ4n) is 5.33. The van der Waals surface area contributed by atoms with E-state index in [1.54, 1.807) is 60.2 Å². The lowest BCUT2D eigenvalue weighted by atomic mass is 9.98. The number of carbonyl (C=O) groups is 2. The number of rotatable bonds is 12. The summed E-state index contributed by atoms with van der Waals surface area (Å²) in [6.45, 7) is -0.0301. The summed E-state index contributed by atoms with van der Waals surface area (Å²) in [7, 11) is 3.11. The van der Waals surface area contributed by atoms with Gasteiger partial charge in [-0.1, -0.05) is 23.9 Å². The van der Waals surface area contributed by atoms with Gasteiger partial charge in [0.2, 0.25) is 0 Å². The van der Waals surface area contributed by atoms with E-state index in [1.807, 2.05) is 24.3 Å². The van der Waals surface area contributed by atoms with Crippen molar-refractivity contribution in [2.75, 3.05) is 20.0 Å². The maximum Gasteiger partial charge on any atom is 0.269 e. The molecule has 1 atom stereocenters. The Hall–Kier alpha value is -6.09. The van der Waals surface area contributed by atoms with E-state index in [0.29, 0.717) is 45.9 Å². The van der Waals surface area contributed by atoms with Crippen LogP contribution in [0.3, 0.4) is 0 Å². The van der Waals surface area contributed by atoms with E-state index in [4.69, 9.17) is 14.6 Å². The number of benzene rings is 4. The lowest BCUT2D eigenvalue weighted by Gasteiger charge is -2.22. The van der Waals surface area contributed by atoms with E-state index in [1.165, 1.54) is 36.4 Å². The molecule has 0 fully saturated rings. The molecule has 4 aromatic carbocycles. The number of amides is 2. The minimum Gasteiger partial charge on any atom is -0.497 e. The van der Waals surface area contributed by atoms with Crippen molar-refractivity contribution in [1.82, 2.24) is 25.1 Å². The molecule has 0 spiro atoms. The van der Waals surface area contributed by atoms with Crippen molar-refractivity contribution < 1.29 is 28.4 Å². The summed E-state index contributed by atoms with van der Waals surface area (Å²) in [4.78, 5) is 37.6. The van der Waals surface area contributed by atoms with Crippen LogP contribution in [-0.2, 0) is 11.3 Å². The molecular weight excluding hydrogens is 665 g/mol. The van der Waals surface area contributed by atoms with Crippen LogP contribution < -0.4 is 14.8 Å². The number of nitrogens with one attached hydrogen (secondary N) is 1. The topological polar surface area (TPSA) is 154 Å². The molecule has 1 aliphatic heterocycles. The van der Waals surface area contributed by atoms with E-state index < -0.39 is 16.8 Å². The smallest absolute Gasteiger partial charge is 0.269 e. The zero-order chi connectivity index (χ0) is 35.2. The molecule has 6 rings (SSSR count). The standard InChI is InChI=1S/C35H30FN7O6S/c1-48-28-15-5-22(6-16-28)30-19-31(23-3-9-25(36)10-4-23)42(40-30)33(44)21-50-35-39-38-32(41(35)26-11-13-27(14-12-26)43(46)47)20-37-34(45)24-7-17-29(49-2)18-8-24/h3-18,31H,19-21H2,1-2H3,(H,37,45)/t31-/m0/s1. The molecule has 254 valence electrons. The van der Waals surface area contributed by atoms with Gasteiger partial charge >= 0.3 is 0 Å². The number of hydrogen-bond acceptors (Lipinski definition) is 10. The predicted molar refractivity (Wildman–Crippen MR) is 183 cm³/mol. The van der Waals surface area contributed by atoms with Gasteiger partial charge in [0, 0.05) is 29.8 Å². The number of non-ortho nitro benzene ring substituents is 1. The molecule has 1 aliphatic rings. The molecule has 1 N–H and O–H groups in total. The lowest BCUT2D eigenvalue weighted by Crippen LogP contribution is -2.28. The van der Waals surface area contributed by atoms with Gasteiger partial charge < -0.3 is 14.8 Å². The number of methoxy groups -OCH3 is 2. The third kappa shape index (κ3) is 7.47. The van der Waals surface area contributed by atoms with Crippen molar-refractivity contribution in [3.8, 4) is 17.2 Å². The van der Waals surface area contributed by atoms with E-state index in [-0.39, 0.29) is 29.8 Å². The van der Waals surface area contributed by atoms with Gasteiger partial charge in [-0.15, -0.1) is 10.2 Å². The second-order valence-corrected chi connectivity index (χ2v) is 11.9. The summed E-state index contributed by atoms with van der Waals surface area (Å²) >= 11 is 1.10. The molecule has 0 radical (unpaired) electrons. The third-order valence-electron chi connectivity index (χ3n) is 7.95. The molecule has 50 heavy (non-hydrogen) atoms. The first kappa shape index (κ1) is 33.8. The van der Waals surface area contributed by atoms with Gasteiger partial charge in [-0.3, -0.25) is 24.3 Å². The Bertz CT molecular complexity index is 2040. The SMILES string of the molecule is COc1ccc(C(=O)NCc2nnc(SCC(=O)N3N=C(c4ccc(OC)cc4)C[C@H]3c3ccc(F)cc3)n2-c2ccc([N+](=O)[O-])cc2)cc1. The summed E-state index contributed by atoms with van der Waals surface area (Å²) in [5.74, 6) is 0.446. The predicted octanol–water partition coefficient (Wildman–Crippen LogP) is 5.73. The summed E-state index contributed by atoms with van der Waals surface area (Å²) in [5, 5.41) is 29.1. The molecule has 0 unspecified atom stereocenters. The third-order valence-corrected chi connectivity index (χ3v) is 8.86. The van der Waals surface area contributed by atoms with E-state index in [9.17, 15) is 24.1 Å². The molecule has 0 bridgehead atoms. The van der Waals surface area contributed by atoms with Crippen molar-refractivity contribution >= 4 is 35.0 Å². The molecule has 2 heterocycles. The van der Waals surface area contributed by atoms with E-state index in [0.717, 1.165) is 22.9 Å². The quantitative estimate of drug-likeness (QED) is 0.0979. The maximum absolute atomic E-state index is 13.8. The summed E-state index contributed by atoms with van der Waals surface area (Å²) in [6.07, 6.45) is 0.408. The van der Waals surface area contributed by atoms with Crippen LogP contribution in [0.15, 0.2) is 107 Å². The summed E-state index contributed by atoms with van der Waals surface area (Å²) in [6, 6.07) is 25.2. The van der Waals surface area contributed by atoms with Crippen molar-refractivity contribution in [3.63, 3.8) is 0 Å². The molecule has 13 nitrogen and oxygen atoms in total. The van der Waals surface area contributed by atoms with Gasteiger partial charge in [0.1, 0.15) is 17.3 Å². The van der Waals surface area contributed by atoms with Crippen LogP contribution in [0.4, 0.5) is 10.1 Å². The maximum atomic E-state index is 13.8. The highest BCUT2D eigenvalue weighted by Gasteiger charge is 2.33. The second kappa shape index (κ2) is 15.0. The molecular formula is C35H30FN7O6S. The highest BCUT2D eigenvalue weighted by Crippen LogP contribution is 2.34. The van der Waals surface area contributed by atoms with Crippen LogP contribution in [0.5, 0.6) is 11.5 Å². The Morgan fingerprint density at radius 3 is 2.18 bits per heavy atom. The highest BCUT2D eigenvalue weighted by atomic mass is 32.2. The number of hydrogen-bond donors (Lipinski definition) is 1. The average Bonchev–Trinajstić information content (AvgIpc) is 3.78. The normalized spacial score (nSPS) is 13.9. The van der Waals surface area contributed by atoms with Crippen molar-refractivity contribution in [3.05, 3.63) is 136 Å². The molecule has 15 heteroatoms. The van der Waals surface area contributed by atoms with Gasteiger partial charge in [-0.05, 0) is 83.9 Å². The van der Waals surface area contributed by atoms with Crippen LogP contribution in [0.1, 0.15) is 39.8 Å². The fraction of sp³-hybridized carbons (Fsp3) is 0.171. The number of nitrogens with zero attached hydrogens (tertiary/aromatic N) is 6. The Morgan fingerprint density at radius 2 is 1.56 bits per heavy atom. The van der Waals surface area contributed by atoms with Crippen LogP contribution >= 0.6 is 11.8 Å². The van der Waals surface area contributed by atoms with Gasteiger partial charge in [-0.2, -0.15) is 5.10 Å². The zero-order valence-electron chi connectivity index (χ0n) is 26.9. The lowest BCUT2D eigenvalue weighted by molar-refractivity contribution is -0.384. The number of nitro benzene ring substituents is 1. The van der Waals surface area contributed by atoms with Crippen LogP contribution in [0.25, 0.3) is 5.69 Å². The molecule has 1 aromatic heterocycles. The minimum atomic E-state index is -0.505. The summed E-state index contributed by atoms with van der Waals surface area (Å²) in [5.41, 5.74) is 3.02. The first-order chi connectivity index (χ1) is 24.2. The Morgan fingerprint density at radius 1 is 0.920 bits per heavy atom. The number of carbonyl (C=O) groups excluding carboxylic acids is 2. The molecule has 2 amide bonds. The van der Waals surface area contributed by atoms with Crippen molar-refractivity contribution in [2.45, 2.75) is 24.2 Å². The van der Waals surface area contributed by atoms with Gasteiger partial charge in [0.25, 0.3) is 17.5 Å². The number of hydrazone groups is 1. The number of ether oxygens (including phenoxy) is 2. The van der Waals surface area contributed by atoms with Gasteiger partial charge in [0.15, 0.2) is 11.0 Å². The van der Waals surface area contributed by atoms with Crippen LogP contribution in [0.2, 0.25) is 0 Å². The Labute approximate surface area is 289 Å². The van der Waals surface area contributed by atoms with Gasteiger partial charge in [0.05, 0.1) is 43.2 Å². The second-order valence-electron chi connectivity index (χ2n) is 11.0. The molecule has 5 aromatic rings. The van der Waals surface area contributed by atoms with Crippen molar-refractivity contribution in [2.24, 2.45) is 5.10 Å². The Balaban J connectivity index is 1.25. The first-order valence-electron chi connectivity index (χ1n) is 15.3. The molecule has 0 saturated carbocycles. The highest BCUT2D eigenvalue weighted by molar-refractivity contribution is 7.99. The van der Waals surface area contributed by atoms with E-state index in [2.05, 4.69) is 15.5 Å². The number of thioether (sulfide) groups is 1. The first-order valence-corrected chi connectivity index (χ1v) is 16.3. The monoisotopic (exact) mass is 695 g/mol. The summed E-state index contributed by atoms with van der Waals surface area (Å²) < 4.78 is 25.9. The van der Waals surface area contributed by atoms with Gasteiger partial charge in [-0.25, -0.2) is 9.40 Å². The zero-order valence-corrected chi connectivity index (χ0v) is 27.7. The van der Waals surface area contributed by atoms with E-state index >= 15 is 0 Å². The minimum absolute atomic E-state index is 0.0301. The van der Waals surface area contributed by atoms with Crippen LogP contribution in [-0.4, -0.2) is 62.2 Å². The van der Waals surface area contributed by atoms with Crippen molar-refractivity contribution in [1.29, 1.82) is 0 Å². The number of nitro groups is 1. The fourth-order valence-corrected chi connectivity index (χ4v) is 6.15. The number of halogens is 1.